The summed E-state index contributed by atoms with van der Waals surface area (Å²) in [4.78, 5) is 32.6. The van der Waals surface area contributed by atoms with Crippen molar-refractivity contribution >= 4 is 17.9 Å². The third kappa shape index (κ3) is 4.17. The predicted octanol–water partition coefficient (Wildman–Crippen LogP) is -0.00380. The minimum absolute atomic E-state index is 0.331. The molecular weight excluding hydrogens is 272 g/mol. The van der Waals surface area contributed by atoms with E-state index >= 15 is 0 Å². The van der Waals surface area contributed by atoms with Gasteiger partial charge in [-0.2, -0.15) is 0 Å². The molecule has 8 nitrogen and oxygen atoms in total. The van der Waals surface area contributed by atoms with E-state index in [9.17, 15) is 19.5 Å². The zero-order valence-electron chi connectivity index (χ0n) is 10.9. The molecule has 8 heteroatoms. The number of aliphatic carboxylic acids is 3. The number of rotatable bonds is 6. The van der Waals surface area contributed by atoms with Crippen LogP contribution in [0.3, 0.4) is 0 Å². The molecule has 0 radical (unpaired) electrons. The topological polar surface area (TPSA) is 141 Å². The van der Waals surface area contributed by atoms with Crippen molar-refractivity contribution in [3.8, 4) is 0 Å². The minimum Gasteiger partial charge on any atom is -0.481 e. The first-order valence-corrected chi connectivity index (χ1v) is 6.21. The molecule has 0 bridgehead atoms. The zero-order chi connectivity index (χ0) is 15.4. The SMILES string of the molecule is C[C@@H]1O[C@@H](O)[C@H](CC(=O)O)[C@H](CC(=O)O)[C@@H]1CC(=O)O. The smallest absolute Gasteiger partial charge is 0.303 e. The fourth-order valence-electron chi connectivity index (χ4n) is 2.78. The second-order valence-corrected chi connectivity index (χ2v) is 5.02. The first kappa shape index (κ1) is 16.4. The second-order valence-electron chi connectivity index (χ2n) is 5.02. The quantitative estimate of drug-likeness (QED) is 0.535. The van der Waals surface area contributed by atoms with E-state index in [-0.39, 0.29) is 6.42 Å². The third-order valence-electron chi connectivity index (χ3n) is 3.65. The van der Waals surface area contributed by atoms with Gasteiger partial charge in [-0.15, -0.1) is 0 Å². The molecular formula is C12H18O8. The van der Waals surface area contributed by atoms with Crippen LogP contribution in [-0.2, 0) is 19.1 Å². The third-order valence-corrected chi connectivity index (χ3v) is 3.65. The summed E-state index contributed by atoms with van der Waals surface area (Å²) in [5, 5.41) is 36.4. The Morgan fingerprint density at radius 1 is 0.850 bits per heavy atom. The van der Waals surface area contributed by atoms with Gasteiger partial charge in [-0.1, -0.05) is 0 Å². The number of ether oxygens (including phenoxy) is 1. The first-order chi connectivity index (χ1) is 9.22. The Labute approximate surface area is 115 Å². The molecule has 0 unspecified atom stereocenters. The highest BCUT2D eigenvalue weighted by molar-refractivity contribution is 5.70. The molecule has 1 fully saturated rings. The van der Waals surface area contributed by atoms with Gasteiger partial charge in [-0.3, -0.25) is 14.4 Å². The van der Waals surface area contributed by atoms with E-state index in [1.165, 1.54) is 0 Å². The maximum absolute atomic E-state index is 10.9. The Bertz CT molecular complexity index is 365. The van der Waals surface area contributed by atoms with Crippen LogP contribution in [0.15, 0.2) is 0 Å². The van der Waals surface area contributed by atoms with Crippen molar-refractivity contribution in [2.45, 2.75) is 38.6 Å². The normalized spacial score (nSPS) is 33.6. The summed E-state index contributed by atoms with van der Waals surface area (Å²) in [6.45, 7) is 1.54. The summed E-state index contributed by atoms with van der Waals surface area (Å²) in [6, 6.07) is 0. The van der Waals surface area contributed by atoms with Gasteiger partial charge >= 0.3 is 17.9 Å². The Balaban J connectivity index is 3.01. The summed E-state index contributed by atoms with van der Waals surface area (Å²) in [7, 11) is 0. The number of carboxylic acids is 3. The summed E-state index contributed by atoms with van der Waals surface area (Å²) < 4.78 is 5.16. The van der Waals surface area contributed by atoms with Crippen LogP contribution in [-0.4, -0.2) is 50.7 Å². The van der Waals surface area contributed by atoms with E-state index in [1.54, 1.807) is 6.92 Å². The van der Waals surface area contributed by atoms with Crippen molar-refractivity contribution in [2.75, 3.05) is 0 Å². The van der Waals surface area contributed by atoms with E-state index in [4.69, 9.17) is 20.1 Å². The van der Waals surface area contributed by atoms with E-state index < -0.39 is 60.9 Å². The molecule has 20 heavy (non-hydrogen) atoms. The number of carbonyl (C=O) groups is 3. The van der Waals surface area contributed by atoms with Gasteiger partial charge in [0.1, 0.15) is 0 Å². The Morgan fingerprint density at radius 3 is 1.70 bits per heavy atom. The van der Waals surface area contributed by atoms with Gasteiger partial charge < -0.3 is 25.2 Å². The van der Waals surface area contributed by atoms with E-state index in [0.29, 0.717) is 0 Å². The number of aliphatic hydroxyl groups excluding tert-OH is 1. The molecule has 1 heterocycles. The maximum atomic E-state index is 10.9. The van der Waals surface area contributed by atoms with Crippen LogP contribution in [0.25, 0.3) is 0 Å². The molecule has 1 aliphatic rings. The van der Waals surface area contributed by atoms with Crippen molar-refractivity contribution < 1.29 is 39.5 Å². The monoisotopic (exact) mass is 290 g/mol. The molecule has 1 aliphatic heterocycles. The molecule has 1 saturated heterocycles. The molecule has 0 aromatic carbocycles. The zero-order valence-corrected chi connectivity index (χ0v) is 10.9. The lowest BCUT2D eigenvalue weighted by Gasteiger charge is -2.43. The molecule has 0 aliphatic carbocycles. The Kier molecular flexibility index (Phi) is 5.46. The lowest BCUT2D eigenvalue weighted by molar-refractivity contribution is -0.234. The average molecular weight is 290 g/mol. The number of carboxylic acid groups (broad SMARTS) is 3. The van der Waals surface area contributed by atoms with Crippen molar-refractivity contribution in [3.63, 3.8) is 0 Å². The van der Waals surface area contributed by atoms with Gasteiger partial charge in [0.25, 0.3) is 0 Å². The van der Waals surface area contributed by atoms with Crippen LogP contribution in [0.2, 0.25) is 0 Å². The number of hydrogen-bond donors (Lipinski definition) is 4. The molecule has 114 valence electrons. The minimum atomic E-state index is -1.41. The van der Waals surface area contributed by atoms with E-state index in [0.717, 1.165) is 0 Å². The summed E-state index contributed by atoms with van der Waals surface area (Å²) in [5.41, 5.74) is 0. The first-order valence-electron chi connectivity index (χ1n) is 6.21. The van der Waals surface area contributed by atoms with Gasteiger partial charge in [-0.25, -0.2) is 0 Å². The van der Waals surface area contributed by atoms with Crippen molar-refractivity contribution in [1.29, 1.82) is 0 Å². The van der Waals surface area contributed by atoms with Gasteiger partial charge in [0.15, 0.2) is 6.29 Å². The molecule has 4 N–H and O–H groups in total. The largest absolute Gasteiger partial charge is 0.481 e. The summed E-state index contributed by atoms with van der Waals surface area (Å²) in [6.07, 6.45) is -3.27. The molecule has 0 amide bonds. The highest BCUT2D eigenvalue weighted by Gasteiger charge is 2.45. The molecule has 0 saturated carbocycles. The van der Waals surface area contributed by atoms with Crippen molar-refractivity contribution in [3.05, 3.63) is 0 Å². The standard InChI is InChI=1S/C12H18O8/c1-5-6(2-9(13)14)7(3-10(15)16)8(4-11(17)18)12(19)20-5/h5-8,12,19H,2-4H2,1H3,(H,13,14)(H,15,16)(H,17,18)/t5-,6+,7+,8+,12+/m0/s1. The number of aliphatic hydroxyl groups is 1. The lowest BCUT2D eigenvalue weighted by atomic mass is 9.72. The highest BCUT2D eigenvalue weighted by atomic mass is 16.6. The fourth-order valence-corrected chi connectivity index (χ4v) is 2.78. The maximum Gasteiger partial charge on any atom is 0.303 e. The van der Waals surface area contributed by atoms with Gasteiger partial charge in [-0.05, 0) is 18.8 Å². The Morgan fingerprint density at radius 2 is 1.25 bits per heavy atom. The predicted molar refractivity (Wildman–Crippen MR) is 63.8 cm³/mol. The molecule has 0 aromatic heterocycles. The van der Waals surface area contributed by atoms with E-state index in [2.05, 4.69) is 0 Å². The molecule has 1 rings (SSSR count). The van der Waals surface area contributed by atoms with Crippen LogP contribution in [0.5, 0.6) is 0 Å². The van der Waals surface area contributed by atoms with Gasteiger partial charge in [0.2, 0.25) is 0 Å². The van der Waals surface area contributed by atoms with Crippen LogP contribution < -0.4 is 0 Å². The van der Waals surface area contributed by atoms with Crippen LogP contribution >= 0.6 is 0 Å². The average Bonchev–Trinajstić information content (AvgIpc) is 2.27. The van der Waals surface area contributed by atoms with Crippen molar-refractivity contribution in [2.24, 2.45) is 17.8 Å². The van der Waals surface area contributed by atoms with Crippen LogP contribution in [0.1, 0.15) is 26.2 Å². The molecule has 0 spiro atoms. The molecule has 0 aromatic rings. The number of hydrogen-bond acceptors (Lipinski definition) is 5. The van der Waals surface area contributed by atoms with Gasteiger partial charge in [0.05, 0.1) is 18.9 Å². The summed E-state index contributed by atoms with van der Waals surface area (Å²) >= 11 is 0. The molecule has 5 atom stereocenters. The van der Waals surface area contributed by atoms with Crippen LogP contribution in [0.4, 0.5) is 0 Å². The fraction of sp³-hybridized carbons (Fsp3) is 0.750. The van der Waals surface area contributed by atoms with Crippen LogP contribution in [0, 0.1) is 17.8 Å². The Hall–Kier alpha value is -1.67. The summed E-state index contributed by atoms with van der Waals surface area (Å²) in [5.74, 6) is -5.84. The lowest BCUT2D eigenvalue weighted by Crippen LogP contribution is -2.48. The van der Waals surface area contributed by atoms with Gasteiger partial charge in [0, 0.05) is 12.3 Å². The second kappa shape index (κ2) is 6.67. The van der Waals surface area contributed by atoms with E-state index in [1.807, 2.05) is 0 Å². The van der Waals surface area contributed by atoms with Crippen molar-refractivity contribution in [1.82, 2.24) is 0 Å². The highest BCUT2D eigenvalue weighted by Crippen LogP contribution is 2.40.